The van der Waals surface area contributed by atoms with Gasteiger partial charge in [0.1, 0.15) is 6.04 Å². The highest BCUT2D eigenvalue weighted by atomic mass is 16.5. The molecule has 106 valence electrons. The Morgan fingerprint density at radius 2 is 2.05 bits per heavy atom. The number of para-hydroxylation sites is 1. The Hall–Kier alpha value is -2.10. The average Bonchev–Trinajstić information content (AvgIpc) is 2.45. The maximum absolute atomic E-state index is 11.9. The number of fused-ring (bicyclic) bond motifs is 1. The second-order valence-electron chi connectivity index (χ2n) is 5.23. The summed E-state index contributed by atoms with van der Waals surface area (Å²) in [5.41, 5.74) is 1.82. The summed E-state index contributed by atoms with van der Waals surface area (Å²) in [7, 11) is 1.42. The van der Waals surface area contributed by atoms with Crippen molar-refractivity contribution < 1.29 is 9.53 Å². The number of nitrogens with one attached hydrogen (secondary N) is 1. The molecule has 0 radical (unpaired) electrons. The number of hydrogen-bond acceptors (Lipinski definition) is 4. The van der Waals surface area contributed by atoms with Gasteiger partial charge in [0, 0.05) is 17.3 Å². The Kier molecular flexibility index (Phi) is 4.56. The molecule has 4 heteroatoms. The zero-order valence-electron chi connectivity index (χ0n) is 12.1. The van der Waals surface area contributed by atoms with Crippen LogP contribution < -0.4 is 5.32 Å². The number of carbonyl (C=O) groups is 1. The first kappa shape index (κ1) is 14.3. The van der Waals surface area contributed by atoms with Gasteiger partial charge in [-0.05, 0) is 24.5 Å². The minimum Gasteiger partial charge on any atom is -0.467 e. The van der Waals surface area contributed by atoms with Gasteiger partial charge in [-0.25, -0.2) is 4.79 Å². The predicted octanol–water partition coefficient (Wildman–Crippen LogP) is 3.23. The Bertz CT molecular complexity index is 591. The number of nitrogens with zero attached hydrogens (tertiary/aromatic N) is 1. The van der Waals surface area contributed by atoms with Gasteiger partial charge < -0.3 is 10.1 Å². The lowest BCUT2D eigenvalue weighted by molar-refractivity contribution is -0.141. The molecule has 0 aliphatic rings. The molecule has 0 saturated heterocycles. The molecule has 0 amide bonds. The van der Waals surface area contributed by atoms with Gasteiger partial charge in [0.25, 0.3) is 0 Å². The summed E-state index contributed by atoms with van der Waals surface area (Å²) in [4.78, 5) is 16.2. The van der Waals surface area contributed by atoms with Crippen LogP contribution in [-0.2, 0) is 9.53 Å². The van der Waals surface area contributed by atoms with Crippen molar-refractivity contribution >= 4 is 22.6 Å². The summed E-state index contributed by atoms with van der Waals surface area (Å²) < 4.78 is 4.88. The molecule has 0 aliphatic heterocycles. The van der Waals surface area contributed by atoms with Crippen molar-refractivity contribution in [1.82, 2.24) is 4.98 Å². The van der Waals surface area contributed by atoms with Crippen LogP contribution in [0.5, 0.6) is 0 Å². The number of esters is 1. The van der Waals surface area contributed by atoms with Gasteiger partial charge in [-0.1, -0.05) is 32.0 Å². The summed E-state index contributed by atoms with van der Waals surface area (Å²) in [6.07, 6.45) is 2.47. The molecule has 4 nitrogen and oxygen atoms in total. The highest BCUT2D eigenvalue weighted by Crippen LogP contribution is 2.23. The second-order valence-corrected chi connectivity index (χ2v) is 5.23. The van der Waals surface area contributed by atoms with Crippen molar-refractivity contribution in [2.24, 2.45) is 5.92 Å². The van der Waals surface area contributed by atoms with Crippen LogP contribution in [0.3, 0.4) is 0 Å². The molecular formula is C16H20N2O2. The molecule has 20 heavy (non-hydrogen) atoms. The number of rotatable bonds is 5. The number of methoxy groups -OCH3 is 1. The maximum atomic E-state index is 11.9. The lowest BCUT2D eigenvalue weighted by atomic mass is 10.0. The topological polar surface area (TPSA) is 51.2 Å². The SMILES string of the molecule is COC(=O)C(CC(C)C)Nc1ccnc2ccccc12. The van der Waals surface area contributed by atoms with Crippen molar-refractivity contribution in [3.05, 3.63) is 36.5 Å². The molecule has 0 spiro atoms. The van der Waals surface area contributed by atoms with Crippen molar-refractivity contribution in [3.8, 4) is 0 Å². The Morgan fingerprint density at radius 1 is 1.30 bits per heavy atom. The summed E-state index contributed by atoms with van der Waals surface area (Å²) in [6.45, 7) is 4.17. The normalized spacial score (nSPS) is 12.4. The van der Waals surface area contributed by atoms with Crippen LogP contribution in [0.4, 0.5) is 5.69 Å². The first-order valence-corrected chi connectivity index (χ1v) is 6.80. The average molecular weight is 272 g/mol. The van der Waals surface area contributed by atoms with E-state index in [0.717, 1.165) is 23.0 Å². The first-order valence-electron chi connectivity index (χ1n) is 6.80. The number of benzene rings is 1. The van der Waals surface area contributed by atoms with Crippen molar-refractivity contribution in [2.75, 3.05) is 12.4 Å². The highest BCUT2D eigenvalue weighted by molar-refractivity contribution is 5.92. The smallest absolute Gasteiger partial charge is 0.328 e. The standard InChI is InChI=1S/C16H20N2O2/c1-11(2)10-15(16(19)20-3)18-14-8-9-17-13-7-5-4-6-12(13)14/h4-9,11,15H,10H2,1-3H3,(H,17,18). The van der Waals surface area contributed by atoms with Gasteiger partial charge in [-0.15, -0.1) is 0 Å². The van der Waals surface area contributed by atoms with Crippen LogP contribution >= 0.6 is 0 Å². The molecule has 1 unspecified atom stereocenters. The van der Waals surface area contributed by atoms with E-state index >= 15 is 0 Å². The van der Waals surface area contributed by atoms with E-state index in [-0.39, 0.29) is 12.0 Å². The highest BCUT2D eigenvalue weighted by Gasteiger charge is 2.20. The van der Waals surface area contributed by atoms with Gasteiger partial charge in [-0.3, -0.25) is 4.98 Å². The Labute approximate surface area is 119 Å². The minimum atomic E-state index is -0.342. The van der Waals surface area contributed by atoms with Gasteiger partial charge in [0.05, 0.1) is 12.6 Å². The number of anilines is 1. The Morgan fingerprint density at radius 3 is 2.75 bits per heavy atom. The summed E-state index contributed by atoms with van der Waals surface area (Å²) in [6, 6.07) is 9.41. The van der Waals surface area contributed by atoms with Crippen molar-refractivity contribution in [3.63, 3.8) is 0 Å². The van der Waals surface area contributed by atoms with E-state index in [0.29, 0.717) is 5.92 Å². The third-order valence-electron chi connectivity index (χ3n) is 3.17. The molecule has 1 aromatic heterocycles. The van der Waals surface area contributed by atoms with Crippen LogP contribution in [-0.4, -0.2) is 24.1 Å². The molecule has 1 atom stereocenters. The molecule has 0 fully saturated rings. The molecule has 0 saturated carbocycles. The van der Waals surface area contributed by atoms with Crippen LogP contribution in [0, 0.1) is 5.92 Å². The molecule has 1 heterocycles. The Balaban J connectivity index is 2.30. The van der Waals surface area contributed by atoms with Crippen molar-refractivity contribution in [2.45, 2.75) is 26.3 Å². The molecule has 2 aromatic rings. The third kappa shape index (κ3) is 3.26. The minimum absolute atomic E-state index is 0.236. The molecule has 0 bridgehead atoms. The van der Waals surface area contributed by atoms with Crippen LogP contribution in [0.15, 0.2) is 36.5 Å². The fourth-order valence-corrected chi connectivity index (χ4v) is 2.24. The molecule has 0 aliphatic carbocycles. The molecule has 1 aromatic carbocycles. The van der Waals surface area contributed by atoms with E-state index in [1.807, 2.05) is 30.3 Å². The van der Waals surface area contributed by atoms with Crippen molar-refractivity contribution in [1.29, 1.82) is 0 Å². The van der Waals surface area contributed by atoms with Crippen LogP contribution in [0.2, 0.25) is 0 Å². The number of aromatic nitrogens is 1. The zero-order chi connectivity index (χ0) is 14.5. The summed E-state index contributed by atoms with van der Waals surface area (Å²) in [5, 5.41) is 4.30. The van der Waals surface area contributed by atoms with Gasteiger partial charge in [0.2, 0.25) is 0 Å². The molecule has 2 rings (SSSR count). The van der Waals surface area contributed by atoms with Crippen LogP contribution in [0.25, 0.3) is 10.9 Å². The lowest BCUT2D eigenvalue weighted by Crippen LogP contribution is -2.32. The monoisotopic (exact) mass is 272 g/mol. The number of carbonyl (C=O) groups excluding carboxylic acids is 1. The van der Waals surface area contributed by atoms with E-state index in [4.69, 9.17) is 4.74 Å². The number of ether oxygens (including phenoxy) is 1. The van der Waals surface area contributed by atoms with E-state index < -0.39 is 0 Å². The van der Waals surface area contributed by atoms with Gasteiger partial charge >= 0.3 is 5.97 Å². The van der Waals surface area contributed by atoms with E-state index in [2.05, 4.69) is 24.1 Å². The first-order chi connectivity index (χ1) is 9.61. The molecule has 1 N–H and O–H groups in total. The summed E-state index contributed by atoms with van der Waals surface area (Å²) in [5.74, 6) is 0.166. The zero-order valence-corrected chi connectivity index (χ0v) is 12.1. The number of hydrogen-bond donors (Lipinski definition) is 1. The quantitative estimate of drug-likeness (QED) is 0.849. The van der Waals surface area contributed by atoms with Gasteiger partial charge in [-0.2, -0.15) is 0 Å². The van der Waals surface area contributed by atoms with E-state index in [1.165, 1.54) is 7.11 Å². The number of pyridine rings is 1. The summed E-state index contributed by atoms with van der Waals surface area (Å²) >= 11 is 0. The lowest BCUT2D eigenvalue weighted by Gasteiger charge is -2.20. The molecular weight excluding hydrogens is 252 g/mol. The second kappa shape index (κ2) is 6.37. The fourth-order valence-electron chi connectivity index (χ4n) is 2.24. The maximum Gasteiger partial charge on any atom is 0.328 e. The fraction of sp³-hybridized carbons (Fsp3) is 0.375. The van der Waals surface area contributed by atoms with E-state index in [1.54, 1.807) is 6.20 Å². The van der Waals surface area contributed by atoms with Crippen LogP contribution in [0.1, 0.15) is 20.3 Å². The van der Waals surface area contributed by atoms with Gasteiger partial charge in [0.15, 0.2) is 0 Å². The third-order valence-corrected chi connectivity index (χ3v) is 3.17. The van der Waals surface area contributed by atoms with E-state index in [9.17, 15) is 4.79 Å². The largest absolute Gasteiger partial charge is 0.467 e. The predicted molar refractivity (Wildman–Crippen MR) is 80.6 cm³/mol.